The third-order valence-electron chi connectivity index (χ3n) is 2.17. The number of allylic oxidation sites excluding steroid dienone is 1. The molecule has 0 aliphatic carbocycles. The van der Waals surface area contributed by atoms with E-state index in [4.69, 9.17) is 9.52 Å². The van der Waals surface area contributed by atoms with E-state index in [0.29, 0.717) is 12.3 Å². The van der Waals surface area contributed by atoms with Crippen molar-refractivity contribution < 1.29 is 14.3 Å². The molecule has 1 aromatic carbocycles. The van der Waals surface area contributed by atoms with Crippen LogP contribution >= 0.6 is 0 Å². The predicted molar refractivity (Wildman–Crippen MR) is 59.2 cm³/mol. The Morgan fingerprint density at radius 1 is 1.56 bits per heavy atom. The number of carboxylic acids is 1. The summed E-state index contributed by atoms with van der Waals surface area (Å²) in [5.74, 6) is -0.299. The monoisotopic (exact) mass is 217 g/mol. The Morgan fingerprint density at radius 3 is 3.12 bits per heavy atom. The Labute approximate surface area is 92.2 Å². The minimum Gasteiger partial charge on any atom is -0.478 e. The van der Waals surface area contributed by atoms with Crippen molar-refractivity contribution in [3.8, 4) is 0 Å². The summed E-state index contributed by atoms with van der Waals surface area (Å²) in [5.41, 5.74) is 2.57. The lowest BCUT2D eigenvalue weighted by molar-refractivity contribution is -0.131. The van der Waals surface area contributed by atoms with E-state index in [-0.39, 0.29) is 0 Å². The highest BCUT2D eigenvalue weighted by molar-refractivity contribution is 5.79. The maximum absolute atomic E-state index is 10.3. The van der Waals surface area contributed by atoms with Gasteiger partial charge in [-0.25, -0.2) is 9.78 Å². The van der Waals surface area contributed by atoms with Crippen molar-refractivity contribution in [2.75, 3.05) is 0 Å². The summed E-state index contributed by atoms with van der Waals surface area (Å²) in [6.07, 6.45) is 3.32. The number of carbonyl (C=O) groups is 1. The van der Waals surface area contributed by atoms with Gasteiger partial charge < -0.3 is 9.52 Å². The van der Waals surface area contributed by atoms with Gasteiger partial charge >= 0.3 is 5.97 Å². The number of oxazole rings is 1. The Morgan fingerprint density at radius 2 is 2.38 bits per heavy atom. The summed E-state index contributed by atoms with van der Waals surface area (Å²) >= 11 is 0. The summed E-state index contributed by atoms with van der Waals surface area (Å²) in [5, 5.41) is 8.45. The maximum atomic E-state index is 10.3. The van der Waals surface area contributed by atoms with Crippen LogP contribution < -0.4 is 0 Å². The lowest BCUT2D eigenvalue weighted by Gasteiger charge is -1.94. The summed E-state index contributed by atoms with van der Waals surface area (Å²) in [7, 11) is 0. The van der Waals surface area contributed by atoms with Crippen molar-refractivity contribution in [1.29, 1.82) is 0 Å². The Bertz CT molecular complexity index is 554. The molecule has 0 bridgehead atoms. The van der Waals surface area contributed by atoms with Crippen LogP contribution in [0.5, 0.6) is 0 Å². The Hall–Kier alpha value is -2.10. The third-order valence-corrected chi connectivity index (χ3v) is 2.17. The molecule has 0 fully saturated rings. The molecule has 4 nitrogen and oxygen atoms in total. The van der Waals surface area contributed by atoms with E-state index in [1.165, 1.54) is 0 Å². The Balaban J connectivity index is 2.22. The molecular weight excluding hydrogens is 206 g/mol. The van der Waals surface area contributed by atoms with Gasteiger partial charge in [0.25, 0.3) is 0 Å². The number of rotatable bonds is 3. The van der Waals surface area contributed by atoms with Crippen LogP contribution in [-0.2, 0) is 11.2 Å². The van der Waals surface area contributed by atoms with Gasteiger partial charge in [0, 0.05) is 13.0 Å². The van der Waals surface area contributed by atoms with Gasteiger partial charge in [0.2, 0.25) is 0 Å². The zero-order valence-corrected chi connectivity index (χ0v) is 8.80. The van der Waals surface area contributed by atoms with Crippen molar-refractivity contribution in [3.63, 3.8) is 0 Å². The number of aromatic nitrogens is 1. The molecule has 1 N–H and O–H groups in total. The maximum Gasteiger partial charge on any atom is 0.327 e. The van der Waals surface area contributed by atoms with Gasteiger partial charge in [-0.3, -0.25) is 0 Å². The molecule has 82 valence electrons. The number of fused-ring (bicyclic) bond motifs is 1. The molecule has 0 amide bonds. The first-order valence-electron chi connectivity index (χ1n) is 4.91. The second-order valence-corrected chi connectivity index (χ2v) is 3.48. The van der Waals surface area contributed by atoms with Gasteiger partial charge in [0.05, 0.1) is 0 Å². The van der Waals surface area contributed by atoms with Crippen molar-refractivity contribution >= 4 is 17.1 Å². The summed E-state index contributed by atoms with van der Waals surface area (Å²) in [6.45, 7) is 1.80. The average Bonchev–Trinajstić information content (AvgIpc) is 2.56. The fourth-order valence-corrected chi connectivity index (χ4v) is 1.51. The predicted octanol–water partition coefficient (Wildman–Crippen LogP) is 2.32. The molecular formula is C12H11NO3. The number of hydrogen-bond donors (Lipinski definition) is 1. The van der Waals surface area contributed by atoms with Crippen molar-refractivity contribution in [1.82, 2.24) is 4.98 Å². The SMILES string of the molecule is Cc1nc2cc(C/C=C/C(=O)O)ccc2o1. The van der Waals surface area contributed by atoms with Gasteiger partial charge in [-0.1, -0.05) is 12.1 Å². The highest BCUT2D eigenvalue weighted by Gasteiger charge is 2.02. The molecule has 0 atom stereocenters. The lowest BCUT2D eigenvalue weighted by Crippen LogP contribution is -1.87. The molecule has 0 aliphatic rings. The normalized spacial score (nSPS) is 11.3. The first kappa shape index (κ1) is 10.4. The molecule has 2 aromatic rings. The summed E-state index contributed by atoms with van der Waals surface area (Å²) in [4.78, 5) is 14.5. The van der Waals surface area contributed by atoms with Crippen LogP contribution in [0.4, 0.5) is 0 Å². The largest absolute Gasteiger partial charge is 0.478 e. The number of benzene rings is 1. The van der Waals surface area contributed by atoms with Gasteiger partial charge in [0.15, 0.2) is 11.5 Å². The molecule has 4 heteroatoms. The van der Waals surface area contributed by atoms with Crippen LogP contribution in [0.25, 0.3) is 11.1 Å². The molecule has 1 heterocycles. The van der Waals surface area contributed by atoms with Crippen molar-refractivity contribution in [2.24, 2.45) is 0 Å². The topological polar surface area (TPSA) is 63.3 Å². The van der Waals surface area contributed by atoms with Crippen LogP contribution in [0.2, 0.25) is 0 Å². The van der Waals surface area contributed by atoms with Gasteiger partial charge in [-0.15, -0.1) is 0 Å². The molecule has 2 rings (SSSR count). The quantitative estimate of drug-likeness (QED) is 0.801. The van der Waals surface area contributed by atoms with E-state index in [1.54, 1.807) is 13.0 Å². The number of aliphatic carboxylic acids is 1. The van der Waals surface area contributed by atoms with Gasteiger partial charge in [-0.2, -0.15) is 0 Å². The Kier molecular flexibility index (Phi) is 2.72. The summed E-state index contributed by atoms with van der Waals surface area (Å²) in [6, 6.07) is 5.65. The number of hydrogen-bond acceptors (Lipinski definition) is 3. The molecule has 0 saturated heterocycles. The molecule has 0 radical (unpaired) electrons. The molecule has 1 aromatic heterocycles. The molecule has 0 saturated carbocycles. The minimum absolute atomic E-state index is 0.578. The number of aryl methyl sites for hydroxylation is 1. The highest BCUT2D eigenvalue weighted by atomic mass is 16.4. The van der Waals surface area contributed by atoms with Gasteiger partial charge in [0.1, 0.15) is 5.52 Å². The van der Waals surface area contributed by atoms with Crippen LogP contribution in [0, 0.1) is 6.92 Å². The molecule has 0 aliphatic heterocycles. The van der Waals surface area contributed by atoms with E-state index in [9.17, 15) is 4.79 Å². The molecule has 0 unspecified atom stereocenters. The first-order valence-corrected chi connectivity index (χ1v) is 4.91. The van der Waals surface area contributed by atoms with Gasteiger partial charge in [-0.05, 0) is 24.1 Å². The minimum atomic E-state index is -0.932. The second kappa shape index (κ2) is 4.18. The number of nitrogens with zero attached hydrogens (tertiary/aromatic N) is 1. The van der Waals surface area contributed by atoms with Crippen molar-refractivity contribution in [2.45, 2.75) is 13.3 Å². The van der Waals surface area contributed by atoms with Crippen molar-refractivity contribution in [3.05, 3.63) is 41.8 Å². The van der Waals surface area contributed by atoms with Crippen LogP contribution in [-0.4, -0.2) is 16.1 Å². The first-order chi connectivity index (χ1) is 7.65. The number of carboxylic acid groups (broad SMARTS) is 1. The zero-order valence-electron chi connectivity index (χ0n) is 8.80. The second-order valence-electron chi connectivity index (χ2n) is 3.48. The highest BCUT2D eigenvalue weighted by Crippen LogP contribution is 2.17. The molecule has 0 spiro atoms. The smallest absolute Gasteiger partial charge is 0.327 e. The van der Waals surface area contributed by atoms with E-state index in [2.05, 4.69) is 4.98 Å². The fraction of sp³-hybridized carbons (Fsp3) is 0.167. The van der Waals surface area contributed by atoms with E-state index in [0.717, 1.165) is 22.7 Å². The average molecular weight is 217 g/mol. The van der Waals surface area contributed by atoms with Crippen LogP contribution in [0.3, 0.4) is 0 Å². The molecule has 16 heavy (non-hydrogen) atoms. The standard InChI is InChI=1S/C12H11NO3/c1-8-13-10-7-9(3-2-4-12(14)15)5-6-11(10)16-8/h2,4-7H,3H2,1H3,(H,14,15)/b4-2+. The lowest BCUT2D eigenvalue weighted by atomic mass is 10.1. The summed E-state index contributed by atoms with van der Waals surface area (Å²) < 4.78 is 5.34. The zero-order chi connectivity index (χ0) is 11.5. The fourth-order valence-electron chi connectivity index (χ4n) is 1.51. The van der Waals surface area contributed by atoms with E-state index in [1.807, 2.05) is 18.2 Å². The van der Waals surface area contributed by atoms with Crippen LogP contribution in [0.1, 0.15) is 11.5 Å². The third kappa shape index (κ3) is 2.28. The van der Waals surface area contributed by atoms with E-state index < -0.39 is 5.97 Å². The van der Waals surface area contributed by atoms with Crippen LogP contribution in [0.15, 0.2) is 34.8 Å². The van der Waals surface area contributed by atoms with E-state index >= 15 is 0 Å².